The monoisotopic (exact) mass is 492 g/mol. The van der Waals surface area contributed by atoms with Gasteiger partial charge in [-0.05, 0) is 43.7 Å². The molecule has 3 heterocycles. The van der Waals surface area contributed by atoms with Crippen LogP contribution in [0.4, 0.5) is 8.78 Å². The van der Waals surface area contributed by atoms with E-state index in [0.29, 0.717) is 11.3 Å². The lowest BCUT2D eigenvalue weighted by molar-refractivity contribution is -0.000968. The standard InChI is InChI=1S/C23H26F2N4O4S/c1-4-34(31,32)28-7-8-33-16(13-28)12-19-22(27-20-9-14(2)5-6-29(19)20)21-17(24)10-15(11-18(21)25)23(30)26-3/h5-6,9-11,16H,4,7-8,12-13H2,1-3H3,(H,26,30)/t16-/m0/s1. The number of halogens is 2. The molecule has 0 spiro atoms. The average molecular weight is 493 g/mol. The van der Waals surface area contributed by atoms with E-state index in [-0.39, 0.29) is 48.7 Å². The maximum Gasteiger partial charge on any atom is 0.251 e. The minimum Gasteiger partial charge on any atom is -0.375 e. The molecule has 1 aliphatic heterocycles. The van der Waals surface area contributed by atoms with Crippen LogP contribution in [0.25, 0.3) is 16.9 Å². The zero-order valence-corrected chi connectivity index (χ0v) is 20.0. The van der Waals surface area contributed by atoms with Crippen molar-refractivity contribution in [1.29, 1.82) is 0 Å². The van der Waals surface area contributed by atoms with E-state index in [9.17, 15) is 13.2 Å². The third kappa shape index (κ3) is 4.55. The van der Waals surface area contributed by atoms with E-state index in [0.717, 1.165) is 17.7 Å². The van der Waals surface area contributed by atoms with Crippen molar-refractivity contribution in [2.75, 3.05) is 32.5 Å². The minimum absolute atomic E-state index is 0.0199. The van der Waals surface area contributed by atoms with Crippen LogP contribution in [-0.4, -0.2) is 66.6 Å². The first-order valence-electron chi connectivity index (χ1n) is 10.9. The lowest BCUT2D eigenvalue weighted by atomic mass is 10.0. The van der Waals surface area contributed by atoms with E-state index in [1.54, 1.807) is 23.6 Å². The SMILES string of the molecule is CCS(=O)(=O)N1CCO[C@@H](Cc2c(-c3c(F)cc(C(=O)NC)cc3F)nc3cc(C)ccn23)C1. The maximum atomic E-state index is 15.1. The molecule has 1 aliphatic rings. The number of aryl methyl sites for hydroxylation is 1. The van der Waals surface area contributed by atoms with Gasteiger partial charge < -0.3 is 14.5 Å². The molecule has 1 N–H and O–H groups in total. The topological polar surface area (TPSA) is 93.0 Å². The fourth-order valence-electron chi connectivity index (χ4n) is 4.13. The summed E-state index contributed by atoms with van der Waals surface area (Å²) in [5.74, 6) is -2.46. The van der Waals surface area contributed by atoms with E-state index in [1.807, 2.05) is 13.0 Å². The Morgan fingerprint density at radius 3 is 2.62 bits per heavy atom. The molecule has 1 fully saturated rings. The summed E-state index contributed by atoms with van der Waals surface area (Å²) in [5.41, 5.74) is 1.49. The van der Waals surface area contributed by atoms with Crippen molar-refractivity contribution >= 4 is 21.6 Å². The van der Waals surface area contributed by atoms with Gasteiger partial charge in [-0.3, -0.25) is 4.79 Å². The van der Waals surface area contributed by atoms with Gasteiger partial charge in [0.25, 0.3) is 5.91 Å². The second-order valence-corrected chi connectivity index (χ2v) is 10.4. The normalized spacial score (nSPS) is 17.3. The number of amides is 1. The van der Waals surface area contributed by atoms with Gasteiger partial charge in [-0.1, -0.05) is 0 Å². The quantitative estimate of drug-likeness (QED) is 0.571. The number of ether oxygens (including phenoxy) is 1. The Morgan fingerprint density at radius 1 is 1.26 bits per heavy atom. The Kier molecular flexibility index (Phi) is 6.70. The van der Waals surface area contributed by atoms with Crippen LogP contribution in [-0.2, 0) is 21.2 Å². The van der Waals surface area contributed by atoms with Gasteiger partial charge in [0.2, 0.25) is 10.0 Å². The molecular formula is C23H26F2N4O4S. The maximum absolute atomic E-state index is 15.1. The van der Waals surface area contributed by atoms with Gasteiger partial charge in [-0.2, -0.15) is 4.31 Å². The Labute approximate surface area is 196 Å². The summed E-state index contributed by atoms with van der Waals surface area (Å²) in [4.78, 5) is 16.4. The number of hydrogen-bond acceptors (Lipinski definition) is 5. The number of nitrogens with one attached hydrogen (secondary N) is 1. The average Bonchev–Trinajstić information content (AvgIpc) is 3.14. The number of rotatable bonds is 6. The largest absolute Gasteiger partial charge is 0.375 e. The number of benzene rings is 1. The van der Waals surface area contributed by atoms with Crippen LogP contribution in [0.3, 0.4) is 0 Å². The molecule has 2 aromatic heterocycles. The van der Waals surface area contributed by atoms with Crippen LogP contribution in [0.5, 0.6) is 0 Å². The van der Waals surface area contributed by atoms with E-state index < -0.39 is 33.7 Å². The molecule has 0 saturated carbocycles. The molecular weight excluding hydrogens is 466 g/mol. The second kappa shape index (κ2) is 9.40. The number of morpholine rings is 1. The molecule has 1 atom stereocenters. The minimum atomic E-state index is -3.40. The smallest absolute Gasteiger partial charge is 0.251 e. The highest BCUT2D eigenvalue weighted by molar-refractivity contribution is 7.89. The van der Waals surface area contributed by atoms with E-state index >= 15 is 8.78 Å². The number of nitrogens with zero attached hydrogens (tertiary/aromatic N) is 3. The van der Waals surface area contributed by atoms with Gasteiger partial charge in [-0.25, -0.2) is 22.2 Å². The zero-order chi connectivity index (χ0) is 24.6. The van der Waals surface area contributed by atoms with Crippen molar-refractivity contribution in [2.24, 2.45) is 0 Å². The van der Waals surface area contributed by atoms with Crippen molar-refractivity contribution in [1.82, 2.24) is 19.0 Å². The number of hydrogen-bond donors (Lipinski definition) is 1. The molecule has 0 unspecified atom stereocenters. The molecule has 1 amide bonds. The summed E-state index contributed by atoms with van der Waals surface area (Å²) in [6.45, 7) is 4.08. The van der Waals surface area contributed by atoms with Crippen LogP contribution >= 0.6 is 0 Å². The highest BCUT2D eigenvalue weighted by Crippen LogP contribution is 2.32. The molecule has 34 heavy (non-hydrogen) atoms. The van der Waals surface area contributed by atoms with Gasteiger partial charge in [0.1, 0.15) is 17.3 Å². The van der Waals surface area contributed by atoms with Crippen molar-refractivity contribution in [3.63, 3.8) is 0 Å². The molecule has 4 rings (SSSR count). The summed E-state index contributed by atoms with van der Waals surface area (Å²) in [5, 5.41) is 2.35. The molecule has 3 aromatic rings. The lowest BCUT2D eigenvalue weighted by Crippen LogP contribution is -2.46. The third-order valence-electron chi connectivity index (χ3n) is 5.93. The third-order valence-corrected chi connectivity index (χ3v) is 7.78. The van der Waals surface area contributed by atoms with Gasteiger partial charge in [0.15, 0.2) is 0 Å². The Balaban J connectivity index is 1.80. The van der Waals surface area contributed by atoms with Crippen LogP contribution in [0, 0.1) is 18.6 Å². The van der Waals surface area contributed by atoms with Gasteiger partial charge >= 0.3 is 0 Å². The first kappa shape index (κ1) is 24.2. The number of pyridine rings is 1. The Hall–Kier alpha value is -2.89. The first-order valence-corrected chi connectivity index (χ1v) is 12.5. The molecule has 11 heteroatoms. The number of aromatic nitrogens is 2. The molecule has 1 aromatic carbocycles. The number of imidazole rings is 1. The summed E-state index contributed by atoms with van der Waals surface area (Å²) in [7, 11) is -2.02. The Bertz CT molecular complexity index is 1330. The van der Waals surface area contributed by atoms with Gasteiger partial charge in [0, 0.05) is 38.3 Å². The van der Waals surface area contributed by atoms with Crippen molar-refractivity contribution in [3.05, 3.63) is 58.9 Å². The van der Waals surface area contributed by atoms with E-state index in [4.69, 9.17) is 4.74 Å². The van der Waals surface area contributed by atoms with Crippen LogP contribution in [0.1, 0.15) is 28.5 Å². The van der Waals surface area contributed by atoms with Crippen molar-refractivity contribution in [2.45, 2.75) is 26.4 Å². The number of carbonyl (C=O) groups is 1. The number of carbonyl (C=O) groups excluding carboxylic acids is 1. The summed E-state index contributed by atoms with van der Waals surface area (Å²) in [6, 6.07) is 5.59. The van der Waals surface area contributed by atoms with Crippen molar-refractivity contribution < 1.29 is 26.7 Å². The molecule has 8 nitrogen and oxygen atoms in total. The Morgan fingerprint density at radius 2 is 1.97 bits per heavy atom. The molecule has 0 radical (unpaired) electrons. The fourth-order valence-corrected chi connectivity index (χ4v) is 5.25. The fraction of sp³-hybridized carbons (Fsp3) is 0.391. The van der Waals surface area contributed by atoms with E-state index in [2.05, 4.69) is 10.3 Å². The lowest BCUT2D eigenvalue weighted by Gasteiger charge is -2.32. The number of fused-ring (bicyclic) bond motifs is 1. The summed E-state index contributed by atoms with van der Waals surface area (Å²) in [6.07, 6.45) is 1.42. The van der Waals surface area contributed by atoms with Crippen LogP contribution in [0.2, 0.25) is 0 Å². The van der Waals surface area contributed by atoms with Gasteiger partial charge in [0.05, 0.1) is 35.4 Å². The van der Waals surface area contributed by atoms with Crippen LogP contribution in [0.15, 0.2) is 30.5 Å². The van der Waals surface area contributed by atoms with Gasteiger partial charge in [-0.15, -0.1) is 0 Å². The summed E-state index contributed by atoms with van der Waals surface area (Å²) >= 11 is 0. The second-order valence-electron chi connectivity index (χ2n) is 8.19. The molecule has 0 bridgehead atoms. The highest BCUT2D eigenvalue weighted by atomic mass is 32.2. The highest BCUT2D eigenvalue weighted by Gasteiger charge is 2.31. The van der Waals surface area contributed by atoms with E-state index in [1.165, 1.54) is 11.4 Å². The van der Waals surface area contributed by atoms with Crippen LogP contribution < -0.4 is 5.32 Å². The predicted molar refractivity (Wildman–Crippen MR) is 123 cm³/mol. The summed E-state index contributed by atoms with van der Waals surface area (Å²) < 4.78 is 63.9. The van der Waals surface area contributed by atoms with Crippen molar-refractivity contribution in [3.8, 4) is 11.3 Å². The number of sulfonamides is 1. The molecule has 1 saturated heterocycles. The molecule has 0 aliphatic carbocycles. The molecule has 182 valence electrons. The first-order chi connectivity index (χ1) is 16.1. The predicted octanol–water partition coefficient (Wildman–Crippen LogP) is 2.54. The zero-order valence-electron chi connectivity index (χ0n) is 19.1.